The van der Waals surface area contributed by atoms with E-state index < -0.39 is 23.4 Å². The van der Waals surface area contributed by atoms with Crippen LogP contribution in [0.25, 0.3) is 10.2 Å². The van der Waals surface area contributed by atoms with Crippen LogP contribution in [0.5, 0.6) is 0 Å². The summed E-state index contributed by atoms with van der Waals surface area (Å²) in [7, 11) is 1.38. The summed E-state index contributed by atoms with van der Waals surface area (Å²) < 4.78 is 6.25. The number of hydrogen-bond donors (Lipinski definition) is 2. The van der Waals surface area contributed by atoms with Gasteiger partial charge in [-0.05, 0) is 25.3 Å². The predicted molar refractivity (Wildman–Crippen MR) is 94.2 cm³/mol. The molecule has 0 spiro atoms. The van der Waals surface area contributed by atoms with E-state index in [4.69, 9.17) is 4.74 Å². The largest absolute Gasteiger partial charge is 0.466 e. The lowest BCUT2D eigenvalue weighted by Crippen LogP contribution is -2.40. The zero-order chi connectivity index (χ0) is 18.8. The van der Waals surface area contributed by atoms with E-state index in [0.717, 1.165) is 9.44 Å². The summed E-state index contributed by atoms with van der Waals surface area (Å²) in [6, 6.07) is -0.657. The summed E-state index contributed by atoms with van der Waals surface area (Å²) in [5.74, 6) is -1.47. The molecule has 0 aliphatic heterocycles. The van der Waals surface area contributed by atoms with Gasteiger partial charge in [-0.25, -0.2) is 9.78 Å². The first-order valence-electron chi connectivity index (χ1n) is 8.15. The molecule has 1 aliphatic carbocycles. The molecule has 0 saturated heterocycles. The Bertz CT molecular complexity index is 948. The van der Waals surface area contributed by atoms with E-state index >= 15 is 0 Å². The van der Waals surface area contributed by atoms with Crippen molar-refractivity contribution in [2.45, 2.75) is 32.2 Å². The molecule has 0 saturated carbocycles. The van der Waals surface area contributed by atoms with Gasteiger partial charge >= 0.3 is 12.0 Å². The van der Waals surface area contributed by atoms with Gasteiger partial charge in [-0.15, -0.1) is 11.3 Å². The molecule has 0 aromatic carbocycles. The van der Waals surface area contributed by atoms with Crippen molar-refractivity contribution in [3.05, 3.63) is 27.1 Å². The highest BCUT2D eigenvalue weighted by Crippen LogP contribution is 2.42. The van der Waals surface area contributed by atoms with Gasteiger partial charge in [0.1, 0.15) is 11.4 Å². The summed E-state index contributed by atoms with van der Waals surface area (Å²) >= 11 is 1.38. The smallest absolute Gasteiger partial charge is 0.321 e. The molecule has 1 atom stereocenters. The van der Waals surface area contributed by atoms with Crippen molar-refractivity contribution in [2.75, 3.05) is 13.7 Å². The number of carbonyl (C=O) groups is 3. The number of carbonyl (C=O) groups excluding carboxylic acids is 3. The number of esters is 1. The molecule has 2 aromatic rings. The van der Waals surface area contributed by atoms with E-state index in [-0.39, 0.29) is 19.1 Å². The second-order valence-corrected chi connectivity index (χ2v) is 6.85. The Morgan fingerprint density at radius 3 is 2.88 bits per heavy atom. The Labute approximate surface area is 152 Å². The molecule has 9 nitrogen and oxygen atoms in total. The number of ether oxygens (including phenoxy) is 1. The van der Waals surface area contributed by atoms with Crippen LogP contribution < -0.4 is 16.2 Å². The van der Waals surface area contributed by atoms with Crippen LogP contribution in [-0.2, 0) is 27.3 Å². The van der Waals surface area contributed by atoms with Gasteiger partial charge in [0, 0.05) is 11.9 Å². The molecule has 0 radical (unpaired) electrons. The average Bonchev–Trinajstić information content (AvgIpc) is 3.16. The van der Waals surface area contributed by atoms with Crippen LogP contribution in [0, 0.1) is 0 Å². The molecule has 10 heteroatoms. The summed E-state index contributed by atoms with van der Waals surface area (Å²) in [5.41, 5.74) is 0.262. The maximum atomic E-state index is 12.9. The lowest BCUT2D eigenvalue weighted by molar-refractivity contribution is -0.144. The molecule has 2 aromatic heterocycles. The maximum absolute atomic E-state index is 12.9. The fourth-order valence-electron chi connectivity index (χ4n) is 3.04. The summed E-state index contributed by atoms with van der Waals surface area (Å²) in [5, 5.41) is 4.71. The molecule has 26 heavy (non-hydrogen) atoms. The van der Waals surface area contributed by atoms with Crippen LogP contribution in [0.2, 0.25) is 0 Å². The van der Waals surface area contributed by atoms with Gasteiger partial charge in [0.05, 0.1) is 24.2 Å². The highest BCUT2D eigenvalue weighted by Gasteiger charge is 2.35. The number of nitrogens with zero attached hydrogens (tertiary/aromatic N) is 2. The van der Waals surface area contributed by atoms with Crippen molar-refractivity contribution >= 4 is 39.5 Å². The molecule has 0 fully saturated rings. The fraction of sp³-hybridized carbons (Fsp3) is 0.438. The van der Waals surface area contributed by atoms with Crippen molar-refractivity contribution in [1.82, 2.24) is 20.2 Å². The highest BCUT2D eigenvalue weighted by atomic mass is 32.1. The minimum absolute atomic E-state index is 0.273. The molecule has 138 valence electrons. The second kappa shape index (κ2) is 7.24. The van der Waals surface area contributed by atoms with Crippen molar-refractivity contribution in [3.8, 4) is 0 Å². The van der Waals surface area contributed by atoms with Gasteiger partial charge in [-0.2, -0.15) is 0 Å². The standard InChI is InChI=1S/C16H18N4O5S/c1-3-25-15(23)8-4-5-9-11(8)12-13(26-9)18-7-20(14(12)22)6-10(21)19-16(24)17-2/h7-8H,3-6H2,1-2H3,(H2,17,19,21,24). The third-order valence-electron chi connectivity index (χ3n) is 4.17. The number of amides is 3. The number of hydrogen-bond acceptors (Lipinski definition) is 7. The third kappa shape index (κ3) is 3.19. The van der Waals surface area contributed by atoms with Gasteiger partial charge < -0.3 is 10.1 Å². The van der Waals surface area contributed by atoms with E-state index in [1.165, 1.54) is 24.7 Å². The van der Waals surface area contributed by atoms with Crippen LogP contribution >= 0.6 is 11.3 Å². The Balaban J connectivity index is 1.98. The van der Waals surface area contributed by atoms with Crippen molar-refractivity contribution in [2.24, 2.45) is 0 Å². The number of rotatable bonds is 4. The number of fused-ring (bicyclic) bond motifs is 3. The average molecular weight is 378 g/mol. The zero-order valence-electron chi connectivity index (χ0n) is 14.3. The first kappa shape index (κ1) is 18.1. The molecule has 2 heterocycles. The second-order valence-electron chi connectivity index (χ2n) is 5.77. The summed E-state index contributed by atoms with van der Waals surface area (Å²) in [4.78, 5) is 53.9. The Morgan fingerprint density at radius 1 is 1.42 bits per heavy atom. The fourth-order valence-corrected chi connectivity index (χ4v) is 4.25. The summed E-state index contributed by atoms with van der Waals surface area (Å²) in [6.45, 7) is 1.66. The molecule has 3 amide bonds. The van der Waals surface area contributed by atoms with E-state index in [1.54, 1.807) is 6.92 Å². The Kier molecular flexibility index (Phi) is 5.03. The van der Waals surface area contributed by atoms with Crippen LogP contribution in [-0.4, -0.2) is 41.1 Å². The number of aromatic nitrogens is 2. The van der Waals surface area contributed by atoms with E-state index in [0.29, 0.717) is 28.6 Å². The topological polar surface area (TPSA) is 119 Å². The predicted octanol–water partition coefficient (Wildman–Crippen LogP) is 0.507. The van der Waals surface area contributed by atoms with E-state index in [9.17, 15) is 19.2 Å². The Hall–Kier alpha value is -2.75. The summed E-state index contributed by atoms with van der Waals surface area (Å²) in [6.07, 6.45) is 2.57. The zero-order valence-corrected chi connectivity index (χ0v) is 15.1. The molecular formula is C16H18N4O5S. The highest BCUT2D eigenvalue weighted by molar-refractivity contribution is 7.18. The maximum Gasteiger partial charge on any atom is 0.321 e. The van der Waals surface area contributed by atoms with Crippen molar-refractivity contribution < 1.29 is 19.1 Å². The number of thiophene rings is 1. The van der Waals surface area contributed by atoms with Crippen LogP contribution in [0.15, 0.2) is 11.1 Å². The van der Waals surface area contributed by atoms with Gasteiger partial charge in [0.15, 0.2) is 0 Å². The van der Waals surface area contributed by atoms with Crippen LogP contribution in [0.1, 0.15) is 29.7 Å². The molecule has 0 bridgehead atoms. The van der Waals surface area contributed by atoms with Crippen LogP contribution in [0.4, 0.5) is 4.79 Å². The minimum Gasteiger partial charge on any atom is -0.466 e. The molecule has 1 unspecified atom stereocenters. The Morgan fingerprint density at radius 2 is 2.19 bits per heavy atom. The number of aryl methyl sites for hydroxylation is 1. The van der Waals surface area contributed by atoms with Crippen molar-refractivity contribution in [3.63, 3.8) is 0 Å². The molecule has 1 aliphatic rings. The number of imide groups is 1. The van der Waals surface area contributed by atoms with E-state index in [2.05, 4.69) is 15.6 Å². The molecule has 3 rings (SSSR count). The SMILES string of the molecule is CCOC(=O)C1CCc2sc3ncn(CC(=O)NC(=O)NC)c(=O)c3c21. The van der Waals surface area contributed by atoms with Gasteiger partial charge in [-0.1, -0.05) is 0 Å². The lowest BCUT2D eigenvalue weighted by atomic mass is 10.0. The van der Waals surface area contributed by atoms with E-state index in [1.807, 2.05) is 0 Å². The van der Waals surface area contributed by atoms with Gasteiger partial charge in [0.2, 0.25) is 5.91 Å². The quantitative estimate of drug-likeness (QED) is 0.748. The minimum atomic E-state index is -0.657. The molecule has 2 N–H and O–H groups in total. The third-order valence-corrected chi connectivity index (χ3v) is 5.34. The first-order valence-corrected chi connectivity index (χ1v) is 8.96. The normalized spacial score (nSPS) is 15.5. The van der Waals surface area contributed by atoms with Gasteiger partial charge in [-0.3, -0.25) is 24.3 Å². The first-order chi connectivity index (χ1) is 12.5. The number of nitrogens with one attached hydrogen (secondary N) is 2. The number of urea groups is 1. The molecular weight excluding hydrogens is 360 g/mol. The van der Waals surface area contributed by atoms with Crippen molar-refractivity contribution in [1.29, 1.82) is 0 Å². The van der Waals surface area contributed by atoms with Gasteiger partial charge in [0.25, 0.3) is 5.56 Å². The lowest BCUT2D eigenvalue weighted by Gasteiger charge is -2.10. The monoisotopic (exact) mass is 378 g/mol. The van der Waals surface area contributed by atoms with Crippen LogP contribution in [0.3, 0.4) is 0 Å².